The van der Waals surface area contributed by atoms with Crippen LogP contribution >= 0.6 is 0 Å². The van der Waals surface area contributed by atoms with Crippen LogP contribution in [0.25, 0.3) is 16.7 Å². The standard InChI is InChI=1S/C21H16F3N3O2/c22-21(23,24)29-17-10-8-16(9-11-17)28-13-20-26-18-6-1-2-7-19(18)27(20)15-5-3-4-14(25)12-15/h1-12H,13,25H2. The van der Waals surface area contributed by atoms with Crippen molar-refractivity contribution in [3.63, 3.8) is 0 Å². The number of nitrogens with zero attached hydrogens (tertiary/aromatic N) is 2. The highest BCUT2D eigenvalue weighted by Gasteiger charge is 2.31. The van der Waals surface area contributed by atoms with Crippen molar-refractivity contribution in [2.75, 3.05) is 5.73 Å². The van der Waals surface area contributed by atoms with Crippen LogP contribution in [0.5, 0.6) is 11.5 Å². The fourth-order valence-corrected chi connectivity index (χ4v) is 3.01. The number of aromatic nitrogens is 2. The van der Waals surface area contributed by atoms with Gasteiger partial charge in [0.1, 0.15) is 18.1 Å². The SMILES string of the molecule is Nc1cccc(-n2c(COc3ccc(OC(F)(F)F)cc3)nc3ccccc32)c1. The lowest BCUT2D eigenvalue weighted by Gasteiger charge is -2.12. The van der Waals surface area contributed by atoms with Crippen molar-refractivity contribution < 1.29 is 22.6 Å². The number of anilines is 1. The molecule has 5 nitrogen and oxygen atoms in total. The van der Waals surface area contributed by atoms with Gasteiger partial charge in [0.15, 0.2) is 5.82 Å². The maximum Gasteiger partial charge on any atom is 0.573 e. The Morgan fingerprint density at radius 2 is 1.62 bits per heavy atom. The summed E-state index contributed by atoms with van der Waals surface area (Å²) < 4.78 is 48.4. The first-order valence-corrected chi connectivity index (χ1v) is 8.70. The molecule has 0 aliphatic carbocycles. The molecule has 3 aromatic carbocycles. The van der Waals surface area contributed by atoms with Gasteiger partial charge >= 0.3 is 6.36 Å². The molecule has 4 rings (SSSR count). The van der Waals surface area contributed by atoms with E-state index < -0.39 is 6.36 Å². The van der Waals surface area contributed by atoms with Crippen molar-refractivity contribution >= 4 is 16.7 Å². The number of benzene rings is 3. The molecule has 0 amide bonds. The Bertz CT molecular complexity index is 1140. The van der Waals surface area contributed by atoms with Crippen LogP contribution in [-0.2, 0) is 6.61 Å². The number of nitrogens with two attached hydrogens (primary N) is 1. The first kappa shape index (κ1) is 18.7. The van der Waals surface area contributed by atoms with Crippen molar-refractivity contribution in [1.29, 1.82) is 0 Å². The van der Waals surface area contributed by atoms with Crippen LogP contribution in [0.1, 0.15) is 5.82 Å². The predicted molar refractivity (Wildman–Crippen MR) is 103 cm³/mol. The van der Waals surface area contributed by atoms with Gasteiger partial charge in [0.2, 0.25) is 0 Å². The molecule has 0 saturated carbocycles. The fraction of sp³-hybridized carbons (Fsp3) is 0.0952. The Balaban J connectivity index is 1.61. The number of imidazole rings is 1. The molecule has 148 valence electrons. The Labute approximate surface area is 164 Å². The Hall–Kier alpha value is -3.68. The summed E-state index contributed by atoms with van der Waals surface area (Å²) in [6, 6.07) is 20.3. The van der Waals surface area contributed by atoms with Crippen molar-refractivity contribution in [2.24, 2.45) is 0 Å². The second-order valence-electron chi connectivity index (χ2n) is 6.26. The molecule has 0 fully saturated rings. The van der Waals surface area contributed by atoms with Gasteiger partial charge in [-0.3, -0.25) is 4.57 Å². The Kier molecular flexibility index (Phi) is 4.75. The Morgan fingerprint density at radius 1 is 0.897 bits per heavy atom. The molecule has 0 atom stereocenters. The number of hydrogen-bond donors (Lipinski definition) is 1. The summed E-state index contributed by atoms with van der Waals surface area (Å²) in [5.74, 6) is 0.718. The molecule has 4 aromatic rings. The van der Waals surface area contributed by atoms with Crippen LogP contribution in [0.4, 0.5) is 18.9 Å². The zero-order chi connectivity index (χ0) is 20.4. The molecule has 1 heterocycles. The summed E-state index contributed by atoms with van der Waals surface area (Å²) in [5.41, 5.74) is 9.07. The van der Waals surface area contributed by atoms with E-state index in [-0.39, 0.29) is 12.4 Å². The number of rotatable bonds is 5. The zero-order valence-corrected chi connectivity index (χ0v) is 15.1. The van der Waals surface area contributed by atoms with Crippen molar-refractivity contribution in [3.05, 3.63) is 78.6 Å². The highest BCUT2D eigenvalue weighted by atomic mass is 19.4. The molecule has 0 unspecified atom stereocenters. The van der Waals surface area contributed by atoms with Gasteiger partial charge in [-0.25, -0.2) is 4.98 Å². The Morgan fingerprint density at radius 3 is 2.34 bits per heavy atom. The third-order valence-electron chi connectivity index (χ3n) is 4.18. The van der Waals surface area contributed by atoms with E-state index in [1.54, 1.807) is 6.07 Å². The highest BCUT2D eigenvalue weighted by molar-refractivity contribution is 5.78. The summed E-state index contributed by atoms with van der Waals surface area (Å²) >= 11 is 0. The molecule has 2 N–H and O–H groups in total. The molecule has 0 radical (unpaired) electrons. The first-order chi connectivity index (χ1) is 13.9. The lowest BCUT2D eigenvalue weighted by Crippen LogP contribution is -2.16. The number of para-hydroxylation sites is 2. The number of fused-ring (bicyclic) bond motifs is 1. The second-order valence-corrected chi connectivity index (χ2v) is 6.26. The van der Waals surface area contributed by atoms with Crippen molar-refractivity contribution in [3.8, 4) is 17.2 Å². The smallest absolute Gasteiger partial charge is 0.486 e. The van der Waals surface area contributed by atoms with Gasteiger partial charge in [0.05, 0.1) is 11.0 Å². The normalized spacial score (nSPS) is 11.6. The van der Waals surface area contributed by atoms with Gasteiger partial charge in [-0.05, 0) is 54.6 Å². The van der Waals surface area contributed by atoms with E-state index in [0.29, 0.717) is 17.3 Å². The van der Waals surface area contributed by atoms with E-state index in [2.05, 4.69) is 9.72 Å². The summed E-state index contributed by atoms with van der Waals surface area (Å²) in [5, 5.41) is 0. The molecule has 1 aromatic heterocycles. The number of nitrogen functional groups attached to an aromatic ring is 1. The van der Waals surface area contributed by atoms with Gasteiger partial charge in [0.25, 0.3) is 0 Å². The van der Waals surface area contributed by atoms with Crippen molar-refractivity contribution in [2.45, 2.75) is 13.0 Å². The van der Waals surface area contributed by atoms with E-state index >= 15 is 0 Å². The van der Waals surface area contributed by atoms with Crippen LogP contribution in [0.15, 0.2) is 72.8 Å². The van der Waals surface area contributed by atoms with E-state index in [1.807, 2.05) is 47.0 Å². The minimum Gasteiger partial charge on any atom is -0.486 e. The van der Waals surface area contributed by atoms with E-state index in [4.69, 9.17) is 10.5 Å². The largest absolute Gasteiger partial charge is 0.573 e. The summed E-state index contributed by atoms with van der Waals surface area (Å²) in [7, 11) is 0. The summed E-state index contributed by atoms with van der Waals surface area (Å²) in [6.07, 6.45) is -4.73. The lowest BCUT2D eigenvalue weighted by molar-refractivity contribution is -0.274. The minimum atomic E-state index is -4.73. The molecule has 0 bridgehead atoms. The summed E-state index contributed by atoms with van der Waals surface area (Å²) in [6.45, 7) is 0.114. The first-order valence-electron chi connectivity index (χ1n) is 8.70. The van der Waals surface area contributed by atoms with Gasteiger partial charge in [-0.15, -0.1) is 13.2 Å². The maximum absolute atomic E-state index is 12.3. The number of ether oxygens (including phenoxy) is 2. The third kappa shape index (κ3) is 4.26. The van der Waals surface area contributed by atoms with Crippen LogP contribution in [0.2, 0.25) is 0 Å². The van der Waals surface area contributed by atoms with Gasteiger partial charge in [0, 0.05) is 11.4 Å². The lowest BCUT2D eigenvalue weighted by atomic mass is 10.2. The number of hydrogen-bond acceptors (Lipinski definition) is 4. The molecule has 29 heavy (non-hydrogen) atoms. The maximum atomic E-state index is 12.3. The average Bonchev–Trinajstić information content (AvgIpc) is 3.04. The third-order valence-corrected chi connectivity index (χ3v) is 4.18. The molecule has 0 aliphatic rings. The van der Waals surface area contributed by atoms with Crippen LogP contribution in [-0.4, -0.2) is 15.9 Å². The molecule has 0 spiro atoms. The van der Waals surface area contributed by atoms with Crippen LogP contribution in [0.3, 0.4) is 0 Å². The van der Waals surface area contributed by atoms with E-state index in [0.717, 1.165) is 16.7 Å². The average molecular weight is 399 g/mol. The quantitative estimate of drug-likeness (QED) is 0.475. The molecule has 0 aliphatic heterocycles. The molecular formula is C21H16F3N3O2. The van der Waals surface area contributed by atoms with Crippen LogP contribution < -0.4 is 15.2 Å². The summed E-state index contributed by atoms with van der Waals surface area (Å²) in [4.78, 5) is 4.62. The van der Waals surface area contributed by atoms with Gasteiger partial charge in [-0.2, -0.15) is 0 Å². The topological polar surface area (TPSA) is 62.3 Å². The molecule has 0 saturated heterocycles. The number of alkyl halides is 3. The number of halogens is 3. The minimum absolute atomic E-state index is 0.114. The van der Waals surface area contributed by atoms with Gasteiger partial charge < -0.3 is 15.2 Å². The van der Waals surface area contributed by atoms with E-state index in [1.165, 1.54) is 24.3 Å². The molecular weight excluding hydrogens is 383 g/mol. The van der Waals surface area contributed by atoms with Gasteiger partial charge in [-0.1, -0.05) is 18.2 Å². The highest BCUT2D eigenvalue weighted by Crippen LogP contribution is 2.26. The monoisotopic (exact) mass is 399 g/mol. The predicted octanol–water partition coefficient (Wildman–Crippen LogP) is 5.09. The fourth-order valence-electron chi connectivity index (χ4n) is 3.01. The van der Waals surface area contributed by atoms with Crippen molar-refractivity contribution in [1.82, 2.24) is 9.55 Å². The van der Waals surface area contributed by atoms with Crippen LogP contribution in [0, 0.1) is 0 Å². The second kappa shape index (κ2) is 7.38. The molecule has 8 heteroatoms. The van der Waals surface area contributed by atoms with E-state index in [9.17, 15) is 13.2 Å². The zero-order valence-electron chi connectivity index (χ0n) is 15.1.